The van der Waals surface area contributed by atoms with Crippen LogP contribution in [0, 0.1) is 0 Å². The Morgan fingerprint density at radius 2 is 1.65 bits per heavy atom. The van der Waals surface area contributed by atoms with E-state index in [1.165, 1.54) is 14.2 Å². The molecule has 0 saturated carbocycles. The Labute approximate surface area is 150 Å². The Morgan fingerprint density at radius 3 is 2.23 bits per heavy atom. The Morgan fingerprint density at radius 1 is 1.04 bits per heavy atom. The number of imide groups is 1. The van der Waals surface area contributed by atoms with Crippen LogP contribution in [0.5, 0.6) is 0 Å². The van der Waals surface area contributed by atoms with Gasteiger partial charge in [0.2, 0.25) is 0 Å². The Hall–Kier alpha value is -2.85. The van der Waals surface area contributed by atoms with E-state index in [0.717, 1.165) is 0 Å². The summed E-state index contributed by atoms with van der Waals surface area (Å²) < 4.78 is 8.94. The molecule has 11 heteroatoms. The van der Waals surface area contributed by atoms with Crippen molar-refractivity contribution in [3.8, 4) is 0 Å². The molecule has 0 bridgehead atoms. The summed E-state index contributed by atoms with van der Waals surface area (Å²) >= 11 is 0. The van der Waals surface area contributed by atoms with Gasteiger partial charge in [0.1, 0.15) is 0 Å². The number of carbonyl (C=O) groups is 5. The van der Waals surface area contributed by atoms with Crippen LogP contribution in [0.25, 0.3) is 0 Å². The van der Waals surface area contributed by atoms with Crippen LogP contribution >= 0.6 is 0 Å². The van der Waals surface area contributed by atoms with Gasteiger partial charge in [-0.25, -0.2) is 14.4 Å². The minimum atomic E-state index is -0.817. The Balaban J connectivity index is 2.45. The van der Waals surface area contributed by atoms with Crippen molar-refractivity contribution < 1.29 is 38.3 Å². The van der Waals surface area contributed by atoms with Crippen molar-refractivity contribution in [3.05, 3.63) is 0 Å². The lowest BCUT2D eigenvalue weighted by Crippen LogP contribution is -2.39. The van der Waals surface area contributed by atoms with Crippen LogP contribution in [0.3, 0.4) is 0 Å². The molecular weight excluding hydrogens is 350 g/mol. The first-order valence-electron chi connectivity index (χ1n) is 8.10. The second kappa shape index (κ2) is 10.9. The van der Waals surface area contributed by atoms with E-state index in [0.29, 0.717) is 30.9 Å². The molecule has 11 nitrogen and oxygen atoms in total. The van der Waals surface area contributed by atoms with Crippen molar-refractivity contribution in [3.63, 3.8) is 0 Å². The number of amides is 4. The molecule has 1 aliphatic rings. The van der Waals surface area contributed by atoms with Crippen LogP contribution in [0.1, 0.15) is 38.5 Å². The van der Waals surface area contributed by atoms with Crippen molar-refractivity contribution in [2.45, 2.75) is 44.6 Å². The normalized spacial score (nSPS) is 14.6. The highest BCUT2D eigenvalue weighted by atomic mass is 16.7. The third kappa shape index (κ3) is 7.36. The van der Waals surface area contributed by atoms with E-state index >= 15 is 0 Å². The number of alkyl carbamates (subject to hydrolysis) is 2. The summed E-state index contributed by atoms with van der Waals surface area (Å²) in [5.74, 6) is -1.97. The largest absolute Gasteiger partial charge is 0.453 e. The van der Waals surface area contributed by atoms with Gasteiger partial charge in [0, 0.05) is 25.4 Å². The van der Waals surface area contributed by atoms with Crippen LogP contribution in [0.4, 0.5) is 9.59 Å². The molecule has 1 fully saturated rings. The summed E-state index contributed by atoms with van der Waals surface area (Å²) in [5, 5.41) is 5.46. The number of hydrogen-bond acceptors (Lipinski definition) is 8. The lowest BCUT2D eigenvalue weighted by Gasteiger charge is -2.19. The standard InChI is InChI=1S/C15H23N3O8/c1-24-14(22)16-8-4-3-5-10(17-15(23)25-2)9-13(21)26-18-11(19)6-7-12(18)20/h10H,3-9H2,1-2H3,(H,16,22)(H,17,23). The zero-order valence-corrected chi connectivity index (χ0v) is 14.7. The number of unbranched alkanes of at least 4 members (excludes halogenated alkanes) is 1. The van der Waals surface area contributed by atoms with Crippen LogP contribution < -0.4 is 10.6 Å². The number of hydrogen-bond donors (Lipinski definition) is 2. The molecule has 26 heavy (non-hydrogen) atoms. The van der Waals surface area contributed by atoms with E-state index < -0.39 is 36.0 Å². The first kappa shape index (κ1) is 21.2. The third-order valence-corrected chi connectivity index (χ3v) is 3.55. The molecular formula is C15H23N3O8. The maximum Gasteiger partial charge on any atom is 0.407 e. The van der Waals surface area contributed by atoms with Crippen molar-refractivity contribution in [1.29, 1.82) is 0 Å². The van der Waals surface area contributed by atoms with Crippen molar-refractivity contribution in [1.82, 2.24) is 15.7 Å². The number of rotatable bonds is 9. The van der Waals surface area contributed by atoms with Crippen LogP contribution in [-0.2, 0) is 28.7 Å². The SMILES string of the molecule is COC(=O)NCCCCC(CC(=O)ON1C(=O)CCC1=O)NC(=O)OC. The van der Waals surface area contributed by atoms with Gasteiger partial charge in [0.05, 0.1) is 20.6 Å². The van der Waals surface area contributed by atoms with Gasteiger partial charge in [-0.1, -0.05) is 0 Å². The Kier molecular flexibility index (Phi) is 8.88. The fourth-order valence-corrected chi connectivity index (χ4v) is 2.23. The van der Waals surface area contributed by atoms with Gasteiger partial charge in [-0.3, -0.25) is 9.59 Å². The van der Waals surface area contributed by atoms with Gasteiger partial charge in [0.25, 0.3) is 11.8 Å². The molecule has 0 aromatic carbocycles. The second-order valence-electron chi connectivity index (χ2n) is 5.50. The molecule has 4 amide bonds. The lowest BCUT2D eigenvalue weighted by atomic mass is 10.1. The number of hydroxylamine groups is 2. The molecule has 0 aromatic rings. The molecule has 1 saturated heterocycles. The summed E-state index contributed by atoms with van der Waals surface area (Å²) in [4.78, 5) is 62.0. The zero-order chi connectivity index (χ0) is 19.5. The summed E-state index contributed by atoms with van der Waals surface area (Å²) in [5.41, 5.74) is 0. The maximum atomic E-state index is 12.0. The summed E-state index contributed by atoms with van der Waals surface area (Å²) in [6.45, 7) is 0.374. The van der Waals surface area contributed by atoms with Crippen LogP contribution in [0.15, 0.2) is 0 Å². The first-order chi connectivity index (χ1) is 12.4. The summed E-state index contributed by atoms with van der Waals surface area (Å²) in [7, 11) is 2.44. The van der Waals surface area contributed by atoms with E-state index in [1.807, 2.05) is 0 Å². The van der Waals surface area contributed by atoms with Crippen LogP contribution in [0.2, 0.25) is 0 Å². The zero-order valence-electron chi connectivity index (χ0n) is 14.7. The molecule has 1 rings (SSSR count). The molecule has 0 aliphatic carbocycles. The molecule has 146 valence electrons. The highest BCUT2D eigenvalue weighted by Gasteiger charge is 2.33. The number of nitrogens with one attached hydrogen (secondary N) is 2. The molecule has 1 atom stereocenters. The van der Waals surface area contributed by atoms with E-state index in [-0.39, 0.29) is 19.3 Å². The molecule has 0 radical (unpaired) electrons. The number of ether oxygens (including phenoxy) is 2. The monoisotopic (exact) mass is 373 g/mol. The van der Waals surface area contributed by atoms with Crippen molar-refractivity contribution >= 4 is 30.0 Å². The molecule has 1 unspecified atom stereocenters. The fraction of sp³-hybridized carbons (Fsp3) is 0.667. The fourth-order valence-electron chi connectivity index (χ4n) is 2.23. The molecule has 2 N–H and O–H groups in total. The predicted molar refractivity (Wildman–Crippen MR) is 85.4 cm³/mol. The lowest BCUT2D eigenvalue weighted by molar-refractivity contribution is -0.197. The van der Waals surface area contributed by atoms with Crippen molar-refractivity contribution in [2.24, 2.45) is 0 Å². The quantitative estimate of drug-likeness (QED) is 0.432. The van der Waals surface area contributed by atoms with E-state index in [1.54, 1.807) is 0 Å². The first-order valence-corrected chi connectivity index (χ1v) is 8.10. The van der Waals surface area contributed by atoms with E-state index in [2.05, 4.69) is 20.1 Å². The number of carbonyl (C=O) groups excluding carboxylic acids is 5. The molecule has 1 heterocycles. The smallest absolute Gasteiger partial charge is 0.407 e. The maximum absolute atomic E-state index is 12.0. The third-order valence-electron chi connectivity index (χ3n) is 3.55. The van der Waals surface area contributed by atoms with Gasteiger partial charge in [-0.2, -0.15) is 0 Å². The van der Waals surface area contributed by atoms with Gasteiger partial charge < -0.3 is 24.9 Å². The number of nitrogens with zero attached hydrogens (tertiary/aromatic N) is 1. The van der Waals surface area contributed by atoms with E-state index in [4.69, 9.17) is 4.84 Å². The van der Waals surface area contributed by atoms with Crippen molar-refractivity contribution in [2.75, 3.05) is 20.8 Å². The van der Waals surface area contributed by atoms with Crippen LogP contribution in [-0.4, -0.2) is 61.8 Å². The average Bonchev–Trinajstić information content (AvgIpc) is 2.92. The highest BCUT2D eigenvalue weighted by Crippen LogP contribution is 2.14. The summed E-state index contributed by atoms with van der Waals surface area (Å²) in [6, 6.07) is -0.610. The number of methoxy groups -OCH3 is 2. The predicted octanol–water partition coefficient (Wildman–Crippen LogP) is 0.235. The minimum absolute atomic E-state index is 0.00312. The Bertz CT molecular complexity index is 535. The highest BCUT2D eigenvalue weighted by molar-refractivity contribution is 6.01. The topological polar surface area (TPSA) is 140 Å². The second-order valence-corrected chi connectivity index (χ2v) is 5.50. The minimum Gasteiger partial charge on any atom is -0.453 e. The van der Waals surface area contributed by atoms with Gasteiger partial charge >= 0.3 is 18.2 Å². The summed E-state index contributed by atoms with van der Waals surface area (Å²) in [6.07, 6.45) is 0.0689. The van der Waals surface area contributed by atoms with Gasteiger partial charge in [-0.05, 0) is 19.3 Å². The van der Waals surface area contributed by atoms with Gasteiger partial charge in [0.15, 0.2) is 0 Å². The molecule has 0 aromatic heterocycles. The molecule has 0 spiro atoms. The average molecular weight is 373 g/mol. The molecule has 1 aliphatic heterocycles. The van der Waals surface area contributed by atoms with Gasteiger partial charge in [-0.15, -0.1) is 5.06 Å². The van der Waals surface area contributed by atoms with E-state index in [9.17, 15) is 24.0 Å².